The zero-order valence-corrected chi connectivity index (χ0v) is 12.8. The van der Waals surface area contributed by atoms with Crippen LogP contribution >= 0.6 is 11.3 Å². The number of carbonyl (C=O) groups is 1. The van der Waals surface area contributed by atoms with Gasteiger partial charge < -0.3 is 4.98 Å². The molecule has 114 valence electrons. The van der Waals surface area contributed by atoms with Gasteiger partial charge in [0, 0.05) is 17.3 Å². The molecule has 3 rings (SSSR count). The average Bonchev–Trinajstić information content (AvgIpc) is 3.12. The molecule has 2 aromatic heterocycles. The number of fused-ring (bicyclic) bond motifs is 1. The lowest BCUT2D eigenvalue weighted by molar-refractivity contribution is 0.102. The molecular formula is C15H15FN4OS. The van der Waals surface area contributed by atoms with E-state index in [4.69, 9.17) is 0 Å². The Bertz CT molecular complexity index is 811. The average molecular weight is 318 g/mol. The molecule has 0 unspecified atom stereocenters. The quantitative estimate of drug-likeness (QED) is 0.752. The highest BCUT2D eigenvalue weighted by Gasteiger charge is 2.14. The van der Waals surface area contributed by atoms with Crippen LogP contribution < -0.4 is 5.32 Å². The first-order valence-electron chi connectivity index (χ1n) is 7.08. The number of unbranched alkanes of at least 4 members (excludes halogenated alkanes) is 1. The normalized spacial score (nSPS) is 11.0. The maximum absolute atomic E-state index is 13.6. The molecule has 0 spiro atoms. The summed E-state index contributed by atoms with van der Waals surface area (Å²) in [6.45, 7) is 2.11. The molecule has 0 saturated carbocycles. The van der Waals surface area contributed by atoms with Gasteiger partial charge in [0.2, 0.25) is 5.13 Å². The summed E-state index contributed by atoms with van der Waals surface area (Å²) in [7, 11) is 0. The van der Waals surface area contributed by atoms with E-state index in [2.05, 4.69) is 27.4 Å². The number of carbonyl (C=O) groups excluding carboxylic acids is 1. The van der Waals surface area contributed by atoms with Gasteiger partial charge in [-0.3, -0.25) is 10.1 Å². The zero-order valence-electron chi connectivity index (χ0n) is 12.0. The Morgan fingerprint density at radius 1 is 1.41 bits per heavy atom. The van der Waals surface area contributed by atoms with Crippen molar-refractivity contribution in [1.29, 1.82) is 0 Å². The van der Waals surface area contributed by atoms with E-state index < -0.39 is 0 Å². The molecule has 7 heteroatoms. The van der Waals surface area contributed by atoms with Gasteiger partial charge >= 0.3 is 0 Å². The molecule has 0 saturated heterocycles. The van der Waals surface area contributed by atoms with Crippen LogP contribution in [0.5, 0.6) is 0 Å². The summed E-state index contributed by atoms with van der Waals surface area (Å²) >= 11 is 1.36. The van der Waals surface area contributed by atoms with Crippen LogP contribution in [0.25, 0.3) is 10.9 Å². The fourth-order valence-electron chi connectivity index (χ4n) is 2.14. The number of nitrogens with one attached hydrogen (secondary N) is 2. The Balaban J connectivity index is 1.75. The number of aromatic amines is 1. The molecule has 0 aliphatic rings. The number of amides is 1. The third-order valence-electron chi connectivity index (χ3n) is 3.29. The van der Waals surface area contributed by atoms with Crippen LogP contribution in [0.2, 0.25) is 0 Å². The fourth-order valence-corrected chi connectivity index (χ4v) is 2.91. The van der Waals surface area contributed by atoms with E-state index in [0.29, 0.717) is 21.7 Å². The minimum atomic E-state index is -0.356. The van der Waals surface area contributed by atoms with Crippen molar-refractivity contribution >= 4 is 33.3 Å². The fraction of sp³-hybridized carbons (Fsp3) is 0.267. The number of halogens is 1. The maximum atomic E-state index is 13.6. The first kappa shape index (κ1) is 14.6. The van der Waals surface area contributed by atoms with E-state index in [-0.39, 0.29) is 11.7 Å². The van der Waals surface area contributed by atoms with Gasteiger partial charge in [-0.1, -0.05) is 30.7 Å². The Morgan fingerprint density at radius 3 is 3.05 bits per heavy atom. The number of nitrogens with zero attached hydrogens (tertiary/aromatic N) is 2. The number of aromatic nitrogens is 3. The number of hydrogen-bond acceptors (Lipinski definition) is 4. The van der Waals surface area contributed by atoms with Gasteiger partial charge in [0.25, 0.3) is 5.91 Å². The second kappa shape index (κ2) is 6.23. The topological polar surface area (TPSA) is 70.7 Å². The van der Waals surface area contributed by atoms with Crippen molar-refractivity contribution in [1.82, 2.24) is 15.2 Å². The molecule has 22 heavy (non-hydrogen) atoms. The SMILES string of the molecule is CCCCc1nnc(NC(=O)c2cc3c(F)cccc3[nH]2)s1. The van der Waals surface area contributed by atoms with Gasteiger partial charge in [-0.2, -0.15) is 0 Å². The molecule has 0 fully saturated rings. The van der Waals surface area contributed by atoms with Gasteiger partial charge in [0.1, 0.15) is 16.5 Å². The van der Waals surface area contributed by atoms with Crippen LogP contribution in [-0.4, -0.2) is 21.1 Å². The third-order valence-corrected chi connectivity index (χ3v) is 4.19. The molecule has 3 aromatic rings. The zero-order chi connectivity index (χ0) is 15.5. The van der Waals surface area contributed by atoms with E-state index in [0.717, 1.165) is 24.3 Å². The number of hydrogen-bond donors (Lipinski definition) is 2. The molecule has 0 bridgehead atoms. The van der Waals surface area contributed by atoms with Crippen LogP contribution in [0.4, 0.5) is 9.52 Å². The van der Waals surface area contributed by atoms with E-state index in [1.807, 2.05) is 0 Å². The number of rotatable bonds is 5. The molecule has 1 aromatic carbocycles. The van der Waals surface area contributed by atoms with Crippen molar-refractivity contribution < 1.29 is 9.18 Å². The predicted molar refractivity (Wildman–Crippen MR) is 84.7 cm³/mol. The largest absolute Gasteiger partial charge is 0.350 e. The summed E-state index contributed by atoms with van der Waals surface area (Å²) < 4.78 is 13.6. The Morgan fingerprint density at radius 2 is 2.27 bits per heavy atom. The minimum Gasteiger partial charge on any atom is -0.350 e. The molecule has 2 N–H and O–H groups in total. The number of H-pyrrole nitrogens is 1. The molecule has 0 radical (unpaired) electrons. The molecular weight excluding hydrogens is 303 g/mol. The lowest BCUT2D eigenvalue weighted by Gasteiger charge is -1.97. The summed E-state index contributed by atoms with van der Waals surface area (Å²) in [5, 5.41) is 12.4. The van der Waals surface area contributed by atoms with Crippen molar-refractivity contribution in [3.63, 3.8) is 0 Å². The van der Waals surface area contributed by atoms with Crippen molar-refractivity contribution in [2.24, 2.45) is 0 Å². The van der Waals surface area contributed by atoms with Crippen LogP contribution in [0, 0.1) is 5.82 Å². The maximum Gasteiger partial charge on any atom is 0.273 e. The van der Waals surface area contributed by atoms with Crippen LogP contribution in [-0.2, 0) is 6.42 Å². The number of anilines is 1. The standard InChI is InChI=1S/C15H15FN4OS/c1-2-3-7-13-19-20-15(22-13)18-14(21)12-8-9-10(16)5-4-6-11(9)17-12/h4-6,8,17H,2-3,7H2,1H3,(H,18,20,21). The summed E-state index contributed by atoms with van der Waals surface area (Å²) in [5.41, 5.74) is 0.886. The van der Waals surface area contributed by atoms with Crippen molar-refractivity contribution in [2.75, 3.05) is 5.32 Å². The summed E-state index contributed by atoms with van der Waals surface area (Å²) in [4.78, 5) is 15.1. The van der Waals surface area contributed by atoms with E-state index >= 15 is 0 Å². The Hall–Kier alpha value is -2.28. The van der Waals surface area contributed by atoms with Gasteiger partial charge in [-0.05, 0) is 24.6 Å². The summed E-state index contributed by atoms with van der Waals surface area (Å²) in [6.07, 6.45) is 2.99. The monoisotopic (exact) mass is 318 g/mol. The summed E-state index contributed by atoms with van der Waals surface area (Å²) in [5.74, 6) is -0.709. The minimum absolute atomic E-state index is 0.297. The van der Waals surface area contributed by atoms with Gasteiger partial charge in [0.15, 0.2) is 0 Å². The van der Waals surface area contributed by atoms with Crippen LogP contribution in [0.15, 0.2) is 24.3 Å². The van der Waals surface area contributed by atoms with Gasteiger partial charge in [-0.25, -0.2) is 4.39 Å². The molecule has 1 amide bonds. The lowest BCUT2D eigenvalue weighted by atomic mass is 10.2. The van der Waals surface area contributed by atoms with Crippen LogP contribution in [0.1, 0.15) is 35.3 Å². The lowest BCUT2D eigenvalue weighted by Crippen LogP contribution is -2.11. The molecule has 2 heterocycles. The predicted octanol–water partition coefficient (Wildman–Crippen LogP) is 3.75. The van der Waals surface area contributed by atoms with E-state index in [9.17, 15) is 9.18 Å². The van der Waals surface area contributed by atoms with Gasteiger partial charge in [-0.15, -0.1) is 10.2 Å². The summed E-state index contributed by atoms with van der Waals surface area (Å²) in [6, 6.07) is 6.19. The number of aryl methyl sites for hydroxylation is 1. The Labute approximate surface area is 130 Å². The third kappa shape index (κ3) is 2.99. The molecule has 0 aliphatic carbocycles. The molecule has 0 aliphatic heterocycles. The van der Waals surface area contributed by atoms with Crippen molar-refractivity contribution in [2.45, 2.75) is 26.2 Å². The van der Waals surface area contributed by atoms with Crippen molar-refractivity contribution in [3.8, 4) is 0 Å². The highest BCUT2D eigenvalue weighted by molar-refractivity contribution is 7.15. The Kier molecular flexibility index (Phi) is 4.15. The van der Waals surface area contributed by atoms with Crippen molar-refractivity contribution in [3.05, 3.63) is 40.8 Å². The molecule has 5 nitrogen and oxygen atoms in total. The first-order valence-corrected chi connectivity index (χ1v) is 7.90. The number of benzene rings is 1. The highest BCUT2D eigenvalue weighted by atomic mass is 32.1. The van der Waals surface area contributed by atoms with E-state index in [1.165, 1.54) is 23.5 Å². The highest BCUT2D eigenvalue weighted by Crippen LogP contribution is 2.21. The van der Waals surface area contributed by atoms with Gasteiger partial charge in [0.05, 0.1) is 0 Å². The molecule has 0 atom stereocenters. The smallest absolute Gasteiger partial charge is 0.273 e. The first-order chi connectivity index (χ1) is 10.7. The van der Waals surface area contributed by atoms with Crippen LogP contribution in [0.3, 0.4) is 0 Å². The van der Waals surface area contributed by atoms with E-state index in [1.54, 1.807) is 12.1 Å². The second-order valence-corrected chi connectivity index (χ2v) is 6.00. The second-order valence-electron chi connectivity index (χ2n) is 4.94.